The van der Waals surface area contributed by atoms with Crippen LogP contribution in [0.1, 0.15) is 28.5 Å². The molecule has 30 heavy (non-hydrogen) atoms. The van der Waals surface area contributed by atoms with Crippen LogP contribution in [-0.2, 0) is 19.3 Å². The monoisotopic (exact) mass is 440 g/mol. The number of carbonyl (C=O) groups is 1. The zero-order valence-electron chi connectivity index (χ0n) is 17.2. The first-order chi connectivity index (χ1) is 14.6. The van der Waals surface area contributed by atoms with Crippen LogP contribution in [0.3, 0.4) is 0 Å². The van der Waals surface area contributed by atoms with Crippen LogP contribution < -0.4 is 5.32 Å². The molecule has 4 rings (SSSR count). The van der Waals surface area contributed by atoms with Crippen LogP contribution >= 0.6 is 23.4 Å². The van der Waals surface area contributed by atoms with Gasteiger partial charge in [-0.05, 0) is 30.3 Å². The maximum atomic E-state index is 12.9. The van der Waals surface area contributed by atoms with Crippen molar-refractivity contribution in [2.75, 3.05) is 19.6 Å². The molecule has 1 amide bonds. The van der Waals surface area contributed by atoms with E-state index in [2.05, 4.69) is 46.5 Å². The van der Waals surface area contributed by atoms with Crippen LogP contribution in [-0.4, -0.2) is 40.2 Å². The lowest BCUT2D eigenvalue weighted by atomic mass is 10.1. The van der Waals surface area contributed by atoms with Crippen LogP contribution in [0.25, 0.3) is 11.3 Å². The molecule has 1 N–H and O–H groups in total. The Morgan fingerprint density at radius 1 is 1.27 bits per heavy atom. The van der Waals surface area contributed by atoms with Gasteiger partial charge < -0.3 is 5.32 Å². The van der Waals surface area contributed by atoms with Gasteiger partial charge >= 0.3 is 0 Å². The van der Waals surface area contributed by atoms with Crippen LogP contribution in [0.4, 0.5) is 0 Å². The van der Waals surface area contributed by atoms with Gasteiger partial charge in [-0.3, -0.25) is 14.4 Å². The Hall–Kier alpha value is -2.28. The molecule has 156 valence electrons. The summed E-state index contributed by atoms with van der Waals surface area (Å²) in [5, 5.41) is 8.29. The lowest BCUT2D eigenvalue weighted by Crippen LogP contribution is -2.35. The summed E-state index contributed by atoms with van der Waals surface area (Å²) in [5.41, 5.74) is 4.79. The lowest BCUT2D eigenvalue weighted by Gasteiger charge is -2.20. The number of hydrogen-bond donors (Lipinski definition) is 1. The molecule has 7 heteroatoms. The predicted octanol–water partition coefficient (Wildman–Crippen LogP) is 4.60. The third-order valence-corrected chi connectivity index (χ3v) is 6.67. The summed E-state index contributed by atoms with van der Waals surface area (Å²) in [5.74, 6) is 0.615. The SMILES string of the molecule is CCN(CCNC(=O)c1nn(C)c2c1CSc1ccc(Cl)cc1-2)Cc1ccccc1. The van der Waals surface area contributed by atoms with Crippen molar-refractivity contribution < 1.29 is 4.79 Å². The molecule has 0 radical (unpaired) electrons. The maximum Gasteiger partial charge on any atom is 0.272 e. The minimum absolute atomic E-state index is 0.117. The van der Waals surface area contributed by atoms with Gasteiger partial charge in [0.05, 0.1) is 5.69 Å². The quantitative estimate of drug-likeness (QED) is 0.583. The molecule has 0 bridgehead atoms. The van der Waals surface area contributed by atoms with Crippen molar-refractivity contribution in [3.63, 3.8) is 0 Å². The summed E-state index contributed by atoms with van der Waals surface area (Å²) < 4.78 is 1.80. The highest BCUT2D eigenvalue weighted by atomic mass is 35.5. The van der Waals surface area contributed by atoms with Crippen LogP contribution in [0, 0.1) is 0 Å². The van der Waals surface area contributed by atoms with Crippen molar-refractivity contribution in [3.05, 3.63) is 70.4 Å². The van der Waals surface area contributed by atoms with E-state index >= 15 is 0 Å². The number of carbonyl (C=O) groups excluding carboxylic acids is 1. The van der Waals surface area contributed by atoms with Crippen molar-refractivity contribution in [2.45, 2.75) is 24.1 Å². The molecule has 0 spiro atoms. The molecule has 0 aliphatic carbocycles. The first-order valence-corrected chi connectivity index (χ1v) is 11.5. The summed E-state index contributed by atoms with van der Waals surface area (Å²) in [6.07, 6.45) is 0. The highest BCUT2D eigenvalue weighted by Crippen LogP contribution is 2.43. The van der Waals surface area contributed by atoms with Gasteiger partial charge in [0.15, 0.2) is 5.69 Å². The molecule has 5 nitrogen and oxygen atoms in total. The smallest absolute Gasteiger partial charge is 0.272 e. The number of thioether (sulfide) groups is 1. The van der Waals surface area contributed by atoms with Crippen LogP contribution in [0.2, 0.25) is 5.02 Å². The molecule has 1 aromatic heterocycles. The van der Waals surface area contributed by atoms with Crippen LogP contribution in [0.5, 0.6) is 0 Å². The number of aryl methyl sites for hydroxylation is 1. The van der Waals surface area contributed by atoms with Crippen LogP contribution in [0.15, 0.2) is 53.4 Å². The Morgan fingerprint density at radius 2 is 2.07 bits per heavy atom. The van der Waals surface area contributed by atoms with E-state index in [1.807, 2.05) is 31.3 Å². The summed E-state index contributed by atoms with van der Waals surface area (Å²) >= 11 is 7.93. The fraction of sp³-hybridized carbons (Fsp3) is 0.304. The fourth-order valence-corrected chi connectivity index (χ4v) is 5.01. The zero-order chi connectivity index (χ0) is 21.1. The van der Waals surface area contributed by atoms with Crippen molar-refractivity contribution in [1.82, 2.24) is 20.0 Å². The van der Waals surface area contributed by atoms with Gasteiger partial charge in [0, 0.05) is 53.5 Å². The highest BCUT2D eigenvalue weighted by molar-refractivity contribution is 7.98. The summed E-state index contributed by atoms with van der Waals surface area (Å²) in [6.45, 7) is 5.32. The zero-order valence-corrected chi connectivity index (χ0v) is 18.8. The highest BCUT2D eigenvalue weighted by Gasteiger charge is 2.27. The Balaban J connectivity index is 1.43. The first kappa shape index (κ1) is 21.0. The summed E-state index contributed by atoms with van der Waals surface area (Å²) in [7, 11) is 1.88. The van der Waals surface area contributed by atoms with Gasteiger partial charge in [0.2, 0.25) is 0 Å². The molecule has 0 fully saturated rings. The lowest BCUT2D eigenvalue weighted by molar-refractivity contribution is 0.0942. The summed E-state index contributed by atoms with van der Waals surface area (Å²) in [6, 6.07) is 16.3. The Morgan fingerprint density at radius 3 is 2.83 bits per heavy atom. The molecule has 0 unspecified atom stereocenters. The molecule has 0 saturated carbocycles. The standard InChI is InChI=1S/C23H25ClN4OS/c1-3-28(14-16-7-5-4-6-8-16)12-11-25-23(29)21-19-15-30-20-10-9-17(24)13-18(20)22(19)27(2)26-21/h4-10,13H,3,11-12,14-15H2,1-2H3,(H,25,29). The second-order valence-corrected chi connectivity index (χ2v) is 8.79. The van der Waals surface area contributed by atoms with Gasteiger partial charge in [-0.1, -0.05) is 48.9 Å². The summed E-state index contributed by atoms with van der Waals surface area (Å²) in [4.78, 5) is 16.4. The molecule has 2 aromatic carbocycles. The number of benzene rings is 2. The van der Waals surface area contributed by atoms with E-state index < -0.39 is 0 Å². The normalized spacial score (nSPS) is 12.5. The predicted molar refractivity (Wildman–Crippen MR) is 123 cm³/mol. The Kier molecular flexibility index (Phi) is 6.46. The average molecular weight is 441 g/mol. The fourth-order valence-electron chi connectivity index (χ4n) is 3.79. The number of rotatable bonds is 7. The molecule has 1 aliphatic heterocycles. The maximum absolute atomic E-state index is 12.9. The van der Waals surface area contributed by atoms with Crippen molar-refractivity contribution in [2.24, 2.45) is 7.05 Å². The third kappa shape index (κ3) is 4.41. The third-order valence-electron chi connectivity index (χ3n) is 5.34. The van der Waals surface area contributed by atoms with Gasteiger partial charge in [-0.2, -0.15) is 5.10 Å². The topological polar surface area (TPSA) is 50.2 Å². The van der Waals surface area contributed by atoms with Gasteiger partial charge in [0.1, 0.15) is 0 Å². The second-order valence-electron chi connectivity index (χ2n) is 7.34. The van der Waals surface area contributed by atoms with Gasteiger partial charge in [-0.25, -0.2) is 0 Å². The number of amides is 1. The molecule has 0 atom stereocenters. The van der Waals surface area contributed by atoms with Gasteiger partial charge in [0.25, 0.3) is 5.91 Å². The van der Waals surface area contributed by atoms with E-state index in [-0.39, 0.29) is 5.91 Å². The largest absolute Gasteiger partial charge is 0.349 e. The molecule has 1 aliphatic rings. The number of halogens is 1. The van der Waals surface area contributed by atoms with E-state index in [0.717, 1.165) is 42.2 Å². The molecule has 3 aromatic rings. The number of likely N-dealkylation sites (N-methyl/N-ethyl adjacent to an activating group) is 1. The number of hydrogen-bond acceptors (Lipinski definition) is 4. The Bertz CT molecular complexity index is 1050. The molecular formula is C23H25ClN4OS. The minimum atomic E-state index is -0.117. The van der Waals surface area contributed by atoms with E-state index in [0.29, 0.717) is 17.3 Å². The number of nitrogens with zero attached hydrogens (tertiary/aromatic N) is 3. The molecule has 2 heterocycles. The second kappa shape index (κ2) is 9.25. The first-order valence-electron chi connectivity index (χ1n) is 10.1. The molecule has 0 saturated heterocycles. The number of fused-ring (bicyclic) bond motifs is 3. The van der Waals surface area contributed by atoms with Crippen molar-refractivity contribution in [3.8, 4) is 11.3 Å². The van der Waals surface area contributed by atoms with E-state index in [1.54, 1.807) is 16.4 Å². The number of aromatic nitrogens is 2. The van der Waals surface area contributed by atoms with Crippen molar-refractivity contribution in [1.29, 1.82) is 0 Å². The average Bonchev–Trinajstić information content (AvgIpc) is 3.10. The molecular weight excluding hydrogens is 416 g/mol. The van der Waals surface area contributed by atoms with Crippen molar-refractivity contribution >= 4 is 29.3 Å². The van der Waals surface area contributed by atoms with E-state index in [9.17, 15) is 4.79 Å². The Labute approximate surface area is 186 Å². The van der Waals surface area contributed by atoms with E-state index in [4.69, 9.17) is 11.6 Å². The minimum Gasteiger partial charge on any atom is -0.349 e. The van der Waals surface area contributed by atoms with E-state index in [1.165, 1.54) is 10.5 Å². The number of nitrogens with one attached hydrogen (secondary N) is 1. The van der Waals surface area contributed by atoms with Gasteiger partial charge in [-0.15, -0.1) is 11.8 Å².